The van der Waals surface area contributed by atoms with Crippen molar-refractivity contribution in [3.63, 3.8) is 0 Å². The Balaban J connectivity index is 1.82. The zero-order valence-electron chi connectivity index (χ0n) is 14.3. The van der Waals surface area contributed by atoms with Crippen molar-refractivity contribution in [1.82, 2.24) is 0 Å². The minimum atomic E-state index is 0.323. The molecule has 0 aromatic heterocycles. The van der Waals surface area contributed by atoms with E-state index in [4.69, 9.17) is 23.7 Å². The molecular weight excluding hydrogens is 308 g/mol. The lowest BCUT2D eigenvalue weighted by Gasteiger charge is -2.20. The van der Waals surface area contributed by atoms with E-state index in [9.17, 15) is 0 Å². The number of fused-ring (bicyclic) bond motifs is 1. The normalized spacial score (nSPS) is 13.0. The largest absolute Gasteiger partial charge is 0.493 e. The summed E-state index contributed by atoms with van der Waals surface area (Å²) in [4.78, 5) is 0. The number of hydrogen-bond acceptors (Lipinski definition) is 5. The van der Waals surface area contributed by atoms with Crippen molar-refractivity contribution in [3.8, 4) is 23.0 Å². The summed E-state index contributed by atoms with van der Waals surface area (Å²) < 4.78 is 27.2. The SMILES string of the molecule is COc1cc(CCc2cccc3c2COCO3)cc(OC)c1OC. The van der Waals surface area contributed by atoms with Crippen LogP contribution in [0.3, 0.4) is 0 Å². The molecule has 1 aliphatic rings. The molecule has 0 N–H and O–H groups in total. The van der Waals surface area contributed by atoms with Crippen LogP contribution in [0.15, 0.2) is 30.3 Å². The minimum Gasteiger partial charge on any atom is -0.493 e. The lowest BCUT2D eigenvalue weighted by molar-refractivity contribution is -0.0168. The van der Waals surface area contributed by atoms with Crippen molar-refractivity contribution in [1.29, 1.82) is 0 Å². The maximum Gasteiger partial charge on any atom is 0.203 e. The van der Waals surface area contributed by atoms with Gasteiger partial charge >= 0.3 is 0 Å². The predicted molar refractivity (Wildman–Crippen MR) is 90.2 cm³/mol. The fraction of sp³-hybridized carbons (Fsp3) is 0.368. The van der Waals surface area contributed by atoms with E-state index in [2.05, 4.69) is 6.07 Å². The van der Waals surface area contributed by atoms with Gasteiger partial charge in [0.05, 0.1) is 27.9 Å². The molecule has 0 saturated carbocycles. The molecule has 5 nitrogen and oxygen atoms in total. The first-order valence-electron chi connectivity index (χ1n) is 7.87. The van der Waals surface area contributed by atoms with E-state index >= 15 is 0 Å². The molecule has 2 aromatic carbocycles. The standard InChI is InChI=1S/C19H22O5/c1-20-17-9-13(10-18(21-2)19(17)22-3)7-8-14-5-4-6-16-15(14)11-23-12-24-16/h4-6,9-10H,7-8,11-12H2,1-3H3. The monoisotopic (exact) mass is 330 g/mol. The molecule has 0 atom stereocenters. The molecule has 24 heavy (non-hydrogen) atoms. The second-order valence-electron chi connectivity index (χ2n) is 5.54. The van der Waals surface area contributed by atoms with Crippen molar-refractivity contribution in [2.45, 2.75) is 19.4 Å². The van der Waals surface area contributed by atoms with Crippen LogP contribution < -0.4 is 18.9 Å². The van der Waals surface area contributed by atoms with Gasteiger partial charge in [-0.1, -0.05) is 12.1 Å². The van der Waals surface area contributed by atoms with Crippen LogP contribution in [0.2, 0.25) is 0 Å². The van der Waals surface area contributed by atoms with Crippen LogP contribution >= 0.6 is 0 Å². The van der Waals surface area contributed by atoms with Gasteiger partial charge in [0.1, 0.15) is 5.75 Å². The van der Waals surface area contributed by atoms with Crippen molar-refractivity contribution >= 4 is 0 Å². The average molecular weight is 330 g/mol. The summed E-state index contributed by atoms with van der Waals surface area (Å²) >= 11 is 0. The van der Waals surface area contributed by atoms with Crippen LogP contribution in [0, 0.1) is 0 Å². The highest BCUT2D eigenvalue weighted by Crippen LogP contribution is 2.38. The van der Waals surface area contributed by atoms with Gasteiger partial charge in [0.25, 0.3) is 0 Å². The van der Waals surface area contributed by atoms with Gasteiger partial charge in [-0.15, -0.1) is 0 Å². The topological polar surface area (TPSA) is 46.2 Å². The maximum atomic E-state index is 5.54. The van der Waals surface area contributed by atoms with Crippen LogP contribution in [-0.2, 0) is 24.2 Å². The van der Waals surface area contributed by atoms with E-state index in [0.29, 0.717) is 30.6 Å². The lowest BCUT2D eigenvalue weighted by Crippen LogP contribution is -2.13. The third kappa shape index (κ3) is 3.26. The van der Waals surface area contributed by atoms with Crippen LogP contribution in [0.1, 0.15) is 16.7 Å². The Bertz CT molecular complexity index is 686. The molecule has 1 heterocycles. The molecule has 0 saturated heterocycles. The number of ether oxygens (including phenoxy) is 5. The molecule has 0 spiro atoms. The van der Waals surface area contributed by atoms with Crippen molar-refractivity contribution < 1.29 is 23.7 Å². The van der Waals surface area contributed by atoms with Gasteiger partial charge in [-0.25, -0.2) is 0 Å². The summed E-state index contributed by atoms with van der Waals surface area (Å²) in [5.41, 5.74) is 3.50. The first-order valence-corrected chi connectivity index (χ1v) is 7.87. The van der Waals surface area contributed by atoms with Crippen molar-refractivity contribution in [2.24, 2.45) is 0 Å². The van der Waals surface area contributed by atoms with Gasteiger partial charge in [0.15, 0.2) is 18.3 Å². The summed E-state index contributed by atoms with van der Waals surface area (Å²) in [7, 11) is 4.86. The van der Waals surface area contributed by atoms with Crippen LogP contribution in [0.4, 0.5) is 0 Å². The van der Waals surface area contributed by atoms with Gasteiger partial charge in [0.2, 0.25) is 5.75 Å². The molecule has 0 unspecified atom stereocenters. The molecule has 5 heteroatoms. The number of benzene rings is 2. The van der Waals surface area contributed by atoms with Crippen LogP contribution in [-0.4, -0.2) is 28.1 Å². The summed E-state index contributed by atoms with van der Waals surface area (Å²) in [5, 5.41) is 0. The van der Waals surface area contributed by atoms with Gasteiger partial charge in [0, 0.05) is 5.56 Å². The molecule has 0 amide bonds. The summed E-state index contributed by atoms with van der Waals surface area (Å²) in [6.07, 6.45) is 1.74. The third-order valence-electron chi connectivity index (χ3n) is 4.18. The molecule has 0 fully saturated rings. The van der Waals surface area contributed by atoms with Crippen LogP contribution in [0.25, 0.3) is 0 Å². The Morgan fingerprint density at radius 2 is 1.71 bits per heavy atom. The van der Waals surface area contributed by atoms with Gasteiger partial charge in [-0.05, 0) is 42.2 Å². The van der Waals surface area contributed by atoms with Crippen molar-refractivity contribution in [2.75, 3.05) is 28.1 Å². The molecule has 2 aromatic rings. The number of rotatable bonds is 6. The minimum absolute atomic E-state index is 0.323. The Kier molecular flexibility index (Phi) is 5.11. The van der Waals surface area contributed by atoms with E-state index in [1.54, 1.807) is 21.3 Å². The molecular formula is C19H22O5. The second-order valence-corrected chi connectivity index (χ2v) is 5.54. The second kappa shape index (κ2) is 7.45. The average Bonchev–Trinajstić information content (AvgIpc) is 2.65. The molecule has 0 bridgehead atoms. The van der Waals surface area contributed by atoms with Crippen molar-refractivity contribution in [3.05, 3.63) is 47.0 Å². The first kappa shape index (κ1) is 16.5. The van der Waals surface area contributed by atoms with E-state index in [1.807, 2.05) is 24.3 Å². The zero-order valence-corrected chi connectivity index (χ0v) is 14.3. The summed E-state index contributed by atoms with van der Waals surface area (Å²) in [6.45, 7) is 0.921. The Morgan fingerprint density at radius 1 is 0.958 bits per heavy atom. The highest BCUT2D eigenvalue weighted by Gasteiger charge is 2.16. The molecule has 0 aliphatic carbocycles. The summed E-state index contributed by atoms with van der Waals surface area (Å²) in [5.74, 6) is 2.88. The quantitative estimate of drug-likeness (QED) is 0.813. The first-order chi connectivity index (χ1) is 11.8. The van der Waals surface area contributed by atoms with E-state index < -0.39 is 0 Å². The fourth-order valence-electron chi connectivity index (χ4n) is 2.95. The Hall–Kier alpha value is -2.40. The van der Waals surface area contributed by atoms with Gasteiger partial charge in [-0.3, -0.25) is 0 Å². The predicted octanol–water partition coefficient (Wildman–Crippen LogP) is 3.36. The highest BCUT2D eigenvalue weighted by molar-refractivity contribution is 5.54. The van der Waals surface area contributed by atoms with Crippen LogP contribution in [0.5, 0.6) is 23.0 Å². The smallest absolute Gasteiger partial charge is 0.203 e. The lowest BCUT2D eigenvalue weighted by atomic mass is 9.98. The fourth-order valence-corrected chi connectivity index (χ4v) is 2.95. The molecule has 128 valence electrons. The highest BCUT2D eigenvalue weighted by atomic mass is 16.7. The zero-order chi connectivity index (χ0) is 16.9. The summed E-state index contributed by atoms with van der Waals surface area (Å²) in [6, 6.07) is 10.1. The van der Waals surface area contributed by atoms with E-state index in [1.165, 1.54) is 5.56 Å². The third-order valence-corrected chi connectivity index (χ3v) is 4.18. The number of aryl methyl sites for hydroxylation is 2. The number of methoxy groups -OCH3 is 3. The molecule has 3 rings (SSSR count). The van der Waals surface area contributed by atoms with Gasteiger partial charge in [-0.2, -0.15) is 0 Å². The van der Waals surface area contributed by atoms with E-state index in [0.717, 1.165) is 29.7 Å². The molecule has 1 aliphatic heterocycles. The van der Waals surface area contributed by atoms with Gasteiger partial charge < -0.3 is 23.7 Å². The maximum absolute atomic E-state index is 5.54. The Labute approximate surface area is 142 Å². The molecule has 0 radical (unpaired) electrons. The number of hydrogen-bond donors (Lipinski definition) is 0. The Morgan fingerprint density at radius 3 is 2.38 bits per heavy atom. The van der Waals surface area contributed by atoms with E-state index in [-0.39, 0.29) is 0 Å².